The number of guanidine groups is 1. The first kappa shape index (κ1) is 19.0. The van der Waals surface area contributed by atoms with Gasteiger partial charge in [-0.25, -0.2) is 4.99 Å². The predicted molar refractivity (Wildman–Crippen MR) is 109 cm³/mol. The lowest BCUT2D eigenvalue weighted by atomic mass is 10.0. The van der Waals surface area contributed by atoms with Gasteiger partial charge in [0.25, 0.3) is 0 Å². The molecule has 2 N–H and O–H groups in total. The second kappa shape index (κ2) is 9.78. The number of aliphatic imine (C=N–C) groups is 1. The molecule has 1 aliphatic rings. The van der Waals surface area contributed by atoms with Crippen LogP contribution < -0.4 is 10.6 Å². The van der Waals surface area contributed by atoms with Gasteiger partial charge in [-0.15, -0.1) is 11.3 Å². The summed E-state index contributed by atoms with van der Waals surface area (Å²) in [5.74, 6) is 1.91. The van der Waals surface area contributed by atoms with Gasteiger partial charge in [-0.2, -0.15) is 0 Å². The van der Waals surface area contributed by atoms with E-state index in [2.05, 4.69) is 46.9 Å². The molecule has 0 spiro atoms. The minimum atomic E-state index is 0.489. The van der Waals surface area contributed by atoms with Crippen LogP contribution in [0.4, 0.5) is 0 Å². The van der Waals surface area contributed by atoms with Crippen molar-refractivity contribution in [2.24, 2.45) is 4.99 Å². The summed E-state index contributed by atoms with van der Waals surface area (Å²) in [5, 5.41) is 9.22. The Morgan fingerprint density at radius 3 is 2.81 bits per heavy atom. The molecule has 0 bridgehead atoms. The summed E-state index contributed by atoms with van der Waals surface area (Å²) in [6, 6.07) is 9.28. The van der Waals surface area contributed by atoms with Crippen LogP contribution in [0.3, 0.4) is 0 Å². The van der Waals surface area contributed by atoms with Crippen LogP contribution in [-0.2, 0) is 13.0 Å². The molecule has 0 aromatic carbocycles. The molecular weight excluding hydrogens is 344 g/mol. The third-order valence-electron chi connectivity index (χ3n) is 4.82. The molecule has 0 unspecified atom stereocenters. The van der Waals surface area contributed by atoms with E-state index in [1.165, 1.54) is 4.88 Å². The van der Waals surface area contributed by atoms with Crippen molar-refractivity contribution in [3.8, 4) is 0 Å². The average molecular weight is 375 g/mol. The topological polar surface area (TPSA) is 52.8 Å². The summed E-state index contributed by atoms with van der Waals surface area (Å²) in [7, 11) is 0. The lowest BCUT2D eigenvalue weighted by Crippen LogP contribution is -2.50. The third kappa shape index (κ3) is 5.88. The van der Waals surface area contributed by atoms with Gasteiger partial charge < -0.3 is 20.0 Å². The van der Waals surface area contributed by atoms with Crippen LogP contribution in [-0.4, -0.2) is 42.6 Å². The molecule has 2 aromatic heterocycles. The van der Waals surface area contributed by atoms with Crippen LogP contribution in [0.5, 0.6) is 0 Å². The van der Waals surface area contributed by atoms with E-state index in [9.17, 15) is 0 Å². The molecule has 2 aromatic rings. The van der Waals surface area contributed by atoms with Gasteiger partial charge in [0.1, 0.15) is 5.76 Å². The minimum absolute atomic E-state index is 0.489. The first-order valence-electron chi connectivity index (χ1n) is 9.54. The largest absolute Gasteiger partial charge is 0.469 e. The monoisotopic (exact) mass is 374 g/mol. The Labute approximate surface area is 160 Å². The molecule has 1 fully saturated rings. The quantitative estimate of drug-likeness (QED) is 0.575. The second-order valence-electron chi connectivity index (χ2n) is 7.05. The third-order valence-corrected chi connectivity index (χ3v) is 5.68. The molecule has 6 heteroatoms. The highest BCUT2D eigenvalue weighted by Crippen LogP contribution is 2.13. The standard InChI is InChI=1S/C20H30N4OS/c1-16(2)24-11-8-17(9-12-24)23-20(22-15-19-6-4-14-26-19)21-10-7-18-5-3-13-25-18/h3-6,13-14,16-17H,7-12,15H2,1-2H3,(H2,21,22,23). The number of nitrogens with zero attached hydrogens (tertiary/aromatic N) is 2. The van der Waals surface area contributed by atoms with Crippen LogP contribution in [0.25, 0.3) is 0 Å². The fourth-order valence-electron chi connectivity index (χ4n) is 3.22. The number of hydrogen-bond acceptors (Lipinski definition) is 4. The maximum Gasteiger partial charge on any atom is 0.191 e. The summed E-state index contributed by atoms with van der Waals surface area (Å²) in [5.41, 5.74) is 0. The normalized spacial score (nSPS) is 17.0. The van der Waals surface area contributed by atoms with Gasteiger partial charge in [-0.05, 0) is 50.3 Å². The van der Waals surface area contributed by atoms with Crippen LogP contribution in [0.15, 0.2) is 45.3 Å². The highest BCUT2D eigenvalue weighted by Gasteiger charge is 2.21. The van der Waals surface area contributed by atoms with Gasteiger partial charge in [0.05, 0.1) is 12.8 Å². The molecule has 0 aliphatic carbocycles. The molecule has 0 atom stereocenters. The first-order valence-corrected chi connectivity index (χ1v) is 10.4. The van der Waals surface area contributed by atoms with Crippen molar-refractivity contribution in [1.29, 1.82) is 0 Å². The van der Waals surface area contributed by atoms with Crippen LogP contribution >= 0.6 is 11.3 Å². The molecule has 142 valence electrons. The maximum absolute atomic E-state index is 5.41. The van der Waals surface area contributed by atoms with Gasteiger partial charge in [-0.1, -0.05) is 6.07 Å². The molecule has 5 nitrogen and oxygen atoms in total. The zero-order valence-electron chi connectivity index (χ0n) is 15.8. The number of likely N-dealkylation sites (tertiary alicyclic amines) is 1. The van der Waals surface area contributed by atoms with Crippen LogP contribution in [0.2, 0.25) is 0 Å². The van der Waals surface area contributed by atoms with Crippen molar-refractivity contribution in [1.82, 2.24) is 15.5 Å². The summed E-state index contributed by atoms with van der Waals surface area (Å²) in [6.07, 6.45) is 4.91. The number of furan rings is 1. The van der Waals surface area contributed by atoms with Gasteiger partial charge >= 0.3 is 0 Å². The molecular formula is C20H30N4OS. The van der Waals surface area contributed by atoms with Crippen LogP contribution in [0, 0.1) is 0 Å². The number of hydrogen-bond donors (Lipinski definition) is 2. The zero-order valence-corrected chi connectivity index (χ0v) is 16.6. The Morgan fingerprint density at radius 2 is 2.15 bits per heavy atom. The van der Waals surface area contributed by atoms with Crippen molar-refractivity contribution < 1.29 is 4.42 Å². The lowest BCUT2D eigenvalue weighted by molar-refractivity contribution is 0.167. The van der Waals surface area contributed by atoms with Gasteiger partial charge in [0.2, 0.25) is 0 Å². The van der Waals surface area contributed by atoms with Crippen molar-refractivity contribution in [3.63, 3.8) is 0 Å². The van der Waals surface area contributed by atoms with E-state index < -0.39 is 0 Å². The van der Waals surface area contributed by atoms with Crippen molar-refractivity contribution in [2.45, 2.75) is 51.7 Å². The van der Waals surface area contributed by atoms with E-state index >= 15 is 0 Å². The van der Waals surface area contributed by atoms with Gasteiger partial charge in [0, 0.05) is 43.0 Å². The second-order valence-corrected chi connectivity index (χ2v) is 8.08. The van der Waals surface area contributed by atoms with Gasteiger partial charge in [-0.3, -0.25) is 0 Å². The van der Waals surface area contributed by atoms with Crippen LogP contribution in [0.1, 0.15) is 37.3 Å². The maximum atomic E-state index is 5.41. The smallest absolute Gasteiger partial charge is 0.191 e. The van der Waals surface area contributed by atoms with Gasteiger partial charge in [0.15, 0.2) is 5.96 Å². The molecule has 0 saturated carbocycles. The number of thiophene rings is 1. The zero-order chi connectivity index (χ0) is 18.2. The predicted octanol–water partition coefficient (Wildman–Crippen LogP) is 3.49. The lowest BCUT2D eigenvalue weighted by Gasteiger charge is -2.35. The molecule has 0 radical (unpaired) electrons. The Morgan fingerprint density at radius 1 is 1.31 bits per heavy atom. The molecule has 26 heavy (non-hydrogen) atoms. The van der Waals surface area contributed by atoms with E-state index in [1.807, 2.05) is 12.1 Å². The average Bonchev–Trinajstić information content (AvgIpc) is 3.34. The summed E-state index contributed by atoms with van der Waals surface area (Å²) < 4.78 is 5.41. The number of rotatable bonds is 7. The highest BCUT2D eigenvalue weighted by atomic mass is 32.1. The Bertz CT molecular complexity index is 643. The molecule has 1 saturated heterocycles. The summed E-state index contributed by atoms with van der Waals surface area (Å²) >= 11 is 1.75. The van der Waals surface area contributed by atoms with Crippen molar-refractivity contribution in [3.05, 3.63) is 46.5 Å². The van der Waals surface area contributed by atoms with Crippen molar-refractivity contribution in [2.75, 3.05) is 19.6 Å². The number of nitrogens with one attached hydrogen (secondary N) is 2. The van der Waals surface area contributed by atoms with E-state index in [0.717, 1.165) is 57.2 Å². The number of piperidine rings is 1. The molecule has 1 aliphatic heterocycles. The fraction of sp³-hybridized carbons (Fsp3) is 0.550. The minimum Gasteiger partial charge on any atom is -0.469 e. The molecule has 0 amide bonds. The van der Waals surface area contributed by atoms with E-state index in [4.69, 9.17) is 9.41 Å². The summed E-state index contributed by atoms with van der Waals surface area (Å²) in [4.78, 5) is 8.62. The van der Waals surface area contributed by atoms with Crippen molar-refractivity contribution >= 4 is 17.3 Å². The van der Waals surface area contributed by atoms with E-state index in [0.29, 0.717) is 12.1 Å². The van der Waals surface area contributed by atoms with E-state index in [1.54, 1.807) is 17.6 Å². The fourth-order valence-corrected chi connectivity index (χ4v) is 3.85. The Balaban J connectivity index is 1.52. The summed E-state index contributed by atoms with van der Waals surface area (Å²) in [6.45, 7) is 8.39. The SMILES string of the molecule is CC(C)N1CCC(NC(=NCc2cccs2)NCCc2ccco2)CC1. The Kier molecular flexibility index (Phi) is 7.14. The van der Waals surface area contributed by atoms with E-state index in [-0.39, 0.29) is 0 Å². The first-order chi connectivity index (χ1) is 12.7. The molecule has 3 rings (SSSR count). The highest BCUT2D eigenvalue weighted by molar-refractivity contribution is 7.09. The Hall–Kier alpha value is -1.79. The molecule has 3 heterocycles.